The van der Waals surface area contributed by atoms with Gasteiger partial charge in [0.05, 0.1) is 17.7 Å². The van der Waals surface area contributed by atoms with Gasteiger partial charge in [-0.05, 0) is 6.07 Å². The van der Waals surface area contributed by atoms with Crippen LogP contribution in [0.3, 0.4) is 0 Å². The Morgan fingerprint density at radius 3 is 3.00 bits per heavy atom. The molecule has 0 unspecified atom stereocenters. The average molecular weight is 168 g/mol. The first-order valence-electron chi connectivity index (χ1n) is 2.94. The van der Waals surface area contributed by atoms with E-state index in [9.17, 15) is 0 Å². The largest absolute Gasteiger partial charge is 0.480 e. The molecule has 1 aromatic rings. The van der Waals surface area contributed by atoms with E-state index in [4.69, 9.17) is 22.8 Å². The zero-order valence-corrected chi connectivity index (χ0v) is 6.72. The van der Waals surface area contributed by atoms with Crippen molar-refractivity contribution < 1.29 is 4.74 Å². The first-order chi connectivity index (χ1) is 5.27. The van der Waals surface area contributed by atoms with Gasteiger partial charge in [0.2, 0.25) is 5.88 Å². The molecule has 0 aliphatic carbocycles. The standard InChI is InChI=1S/C8H6ClNO/c1-3-6-4-7(9)5-10-8(6)11-2/h1,4-5H,2H3. The molecule has 0 spiro atoms. The molecule has 0 aromatic carbocycles. The Kier molecular flexibility index (Phi) is 2.35. The summed E-state index contributed by atoms with van der Waals surface area (Å²) in [6, 6.07) is 1.63. The van der Waals surface area contributed by atoms with Crippen LogP contribution in [0.15, 0.2) is 12.3 Å². The van der Waals surface area contributed by atoms with Crippen LogP contribution in [0.25, 0.3) is 0 Å². The van der Waals surface area contributed by atoms with Crippen LogP contribution in [0, 0.1) is 12.3 Å². The summed E-state index contributed by atoms with van der Waals surface area (Å²) >= 11 is 5.64. The second-order valence-corrected chi connectivity index (χ2v) is 2.29. The van der Waals surface area contributed by atoms with Crippen molar-refractivity contribution in [2.24, 2.45) is 0 Å². The molecule has 0 atom stereocenters. The van der Waals surface area contributed by atoms with Gasteiger partial charge in [0, 0.05) is 6.20 Å². The Hall–Kier alpha value is -1.20. The summed E-state index contributed by atoms with van der Waals surface area (Å²) in [5.41, 5.74) is 0.569. The molecule has 0 aliphatic heterocycles. The number of hydrogen-bond acceptors (Lipinski definition) is 2. The smallest absolute Gasteiger partial charge is 0.229 e. The monoisotopic (exact) mass is 167 g/mol. The van der Waals surface area contributed by atoms with Crippen LogP contribution in [-0.2, 0) is 0 Å². The molecule has 1 aromatic heterocycles. The van der Waals surface area contributed by atoms with Gasteiger partial charge < -0.3 is 4.74 Å². The SMILES string of the molecule is C#Cc1cc(Cl)cnc1OC. The van der Waals surface area contributed by atoms with Crippen LogP contribution >= 0.6 is 11.6 Å². The Morgan fingerprint density at radius 1 is 1.73 bits per heavy atom. The van der Waals surface area contributed by atoms with Gasteiger partial charge in [0.15, 0.2) is 0 Å². The Labute approximate surface area is 70.2 Å². The molecular formula is C8H6ClNO. The Balaban J connectivity index is 3.19. The van der Waals surface area contributed by atoms with Crippen molar-refractivity contribution in [1.29, 1.82) is 0 Å². The highest BCUT2D eigenvalue weighted by atomic mass is 35.5. The molecule has 2 nitrogen and oxygen atoms in total. The topological polar surface area (TPSA) is 22.1 Å². The molecule has 0 fully saturated rings. The number of pyridine rings is 1. The van der Waals surface area contributed by atoms with E-state index in [0.717, 1.165) is 0 Å². The van der Waals surface area contributed by atoms with Crippen molar-refractivity contribution in [3.63, 3.8) is 0 Å². The highest BCUT2D eigenvalue weighted by Gasteiger charge is 2.00. The van der Waals surface area contributed by atoms with Crippen molar-refractivity contribution in [1.82, 2.24) is 4.98 Å². The predicted molar refractivity (Wildman–Crippen MR) is 43.7 cm³/mol. The van der Waals surface area contributed by atoms with Crippen LogP contribution in [0.5, 0.6) is 5.88 Å². The van der Waals surface area contributed by atoms with Crippen LogP contribution in [0.1, 0.15) is 5.56 Å². The molecule has 3 heteroatoms. The van der Waals surface area contributed by atoms with Crippen molar-refractivity contribution in [2.75, 3.05) is 7.11 Å². The van der Waals surface area contributed by atoms with Crippen LogP contribution in [-0.4, -0.2) is 12.1 Å². The van der Waals surface area contributed by atoms with Gasteiger partial charge >= 0.3 is 0 Å². The number of rotatable bonds is 1. The van der Waals surface area contributed by atoms with Crippen molar-refractivity contribution >= 4 is 11.6 Å². The van der Waals surface area contributed by atoms with E-state index in [1.54, 1.807) is 6.07 Å². The van der Waals surface area contributed by atoms with Crippen LogP contribution < -0.4 is 4.74 Å². The van der Waals surface area contributed by atoms with E-state index in [1.165, 1.54) is 13.3 Å². The molecule has 11 heavy (non-hydrogen) atoms. The van der Waals surface area contributed by atoms with Crippen molar-refractivity contribution in [2.45, 2.75) is 0 Å². The molecule has 0 saturated carbocycles. The molecule has 0 radical (unpaired) electrons. The van der Waals surface area contributed by atoms with Gasteiger partial charge in [-0.25, -0.2) is 4.98 Å². The first kappa shape index (κ1) is 7.90. The summed E-state index contributed by atoms with van der Waals surface area (Å²) in [6.07, 6.45) is 6.65. The minimum absolute atomic E-state index is 0.428. The maximum Gasteiger partial charge on any atom is 0.229 e. The second kappa shape index (κ2) is 3.27. The lowest BCUT2D eigenvalue weighted by molar-refractivity contribution is 0.396. The molecule has 1 heterocycles. The number of halogens is 1. The maximum atomic E-state index is 5.64. The molecular weight excluding hydrogens is 162 g/mol. The molecule has 0 N–H and O–H groups in total. The lowest BCUT2D eigenvalue weighted by atomic mass is 10.3. The summed E-state index contributed by atoms with van der Waals surface area (Å²) in [5.74, 6) is 2.84. The molecule has 56 valence electrons. The zero-order valence-electron chi connectivity index (χ0n) is 5.97. The van der Waals surface area contributed by atoms with Gasteiger partial charge in [0.25, 0.3) is 0 Å². The fourth-order valence-electron chi connectivity index (χ4n) is 0.693. The summed E-state index contributed by atoms with van der Waals surface area (Å²) in [5, 5.41) is 0.513. The van der Waals surface area contributed by atoms with E-state index < -0.39 is 0 Å². The summed E-state index contributed by atoms with van der Waals surface area (Å²) < 4.78 is 4.88. The molecule has 1 rings (SSSR count). The fraction of sp³-hybridized carbons (Fsp3) is 0.125. The third-order valence-corrected chi connectivity index (χ3v) is 1.37. The summed E-state index contributed by atoms with van der Waals surface area (Å²) in [6.45, 7) is 0. The number of methoxy groups -OCH3 is 1. The number of aromatic nitrogens is 1. The van der Waals surface area contributed by atoms with Gasteiger partial charge in [-0.1, -0.05) is 17.5 Å². The number of nitrogens with zero attached hydrogens (tertiary/aromatic N) is 1. The second-order valence-electron chi connectivity index (χ2n) is 1.85. The lowest BCUT2D eigenvalue weighted by Crippen LogP contribution is -1.90. The van der Waals surface area contributed by atoms with Gasteiger partial charge in [0.1, 0.15) is 0 Å². The quantitative estimate of drug-likeness (QED) is 0.595. The molecule has 0 saturated heterocycles. The summed E-state index contributed by atoms with van der Waals surface area (Å²) in [4.78, 5) is 3.87. The molecule has 0 amide bonds. The minimum Gasteiger partial charge on any atom is -0.480 e. The van der Waals surface area contributed by atoms with E-state index in [0.29, 0.717) is 16.5 Å². The number of terminal acetylenes is 1. The zero-order chi connectivity index (χ0) is 8.27. The lowest BCUT2D eigenvalue weighted by Gasteiger charge is -2.00. The van der Waals surface area contributed by atoms with E-state index in [1.807, 2.05) is 0 Å². The first-order valence-corrected chi connectivity index (χ1v) is 3.32. The minimum atomic E-state index is 0.428. The third-order valence-electron chi connectivity index (χ3n) is 1.17. The fourth-order valence-corrected chi connectivity index (χ4v) is 0.851. The van der Waals surface area contributed by atoms with Crippen LogP contribution in [0.2, 0.25) is 5.02 Å². The Bertz CT molecular complexity index is 303. The van der Waals surface area contributed by atoms with Crippen molar-refractivity contribution in [3.05, 3.63) is 22.8 Å². The third kappa shape index (κ3) is 1.63. The van der Waals surface area contributed by atoms with Crippen LogP contribution in [0.4, 0.5) is 0 Å². The number of hydrogen-bond donors (Lipinski definition) is 0. The van der Waals surface area contributed by atoms with E-state index in [2.05, 4.69) is 10.9 Å². The van der Waals surface area contributed by atoms with E-state index >= 15 is 0 Å². The summed E-state index contributed by atoms with van der Waals surface area (Å²) in [7, 11) is 1.51. The molecule has 0 bridgehead atoms. The normalized spacial score (nSPS) is 8.82. The predicted octanol–water partition coefficient (Wildman–Crippen LogP) is 1.72. The van der Waals surface area contributed by atoms with Gasteiger partial charge in [-0.15, -0.1) is 6.42 Å². The van der Waals surface area contributed by atoms with Gasteiger partial charge in [-0.3, -0.25) is 0 Å². The highest BCUT2D eigenvalue weighted by molar-refractivity contribution is 6.30. The van der Waals surface area contributed by atoms with Gasteiger partial charge in [-0.2, -0.15) is 0 Å². The Morgan fingerprint density at radius 2 is 2.45 bits per heavy atom. The number of ether oxygens (including phenoxy) is 1. The maximum absolute atomic E-state index is 5.64. The molecule has 0 aliphatic rings. The average Bonchev–Trinajstić information content (AvgIpc) is 2.04. The van der Waals surface area contributed by atoms with E-state index in [-0.39, 0.29) is 0 Å². The highest BCUT2D eigenvalue weighted by Crippen LogP contribution is 2.17. The van der Waals surface area contributed by atoms with Crippen molar-refractivity contribution in [3.8, 4) is 18.2 Å².